The van der Waals surface area contributed by atoms with Gasteiger partial charge < -0.3 is 5.32 Å². The molecule has 4 rings (SSSR count). The third-order valence-corrected chi connectivity index (χ3v) is 6.51. The maximum Gasteiger partial charge on any atom is 0.227 e. The summed E-state index contributed by atoms with van der Waals surface area (Å²) in [5, 5.41) is 8.41. The number of amides is 1. The highest BCUT2D eigenvalue weighted by Crippen LogP contribution is 2.34. The summed E-state index contributed by atoms with van der Waals surface area (Å²) in [7, 11) is 0. The maximum atomic E-state index is 12.7. The molecule has 1 aliphatic rings. The molecule has 1 heterocycles. The van der Waals surface area contributed by atoms with Crippen molar-refractivity contribution in [3.05, 3.63) is 64.9 Å². The van der Waals surface area contributed by atoms with Gasteiger partial charge in [-0.3, -0.25) is 4.79 Å². The van der Waals surface area contributed by atoms with E-state index in [0.717, 1.165) is 47.0 Å². The Hall–Kier alpha value is -2.12. The average molecular weight is 471 g/mol. The van der Waals surface area contributed by atoms with Crippen LogP contribution in [0.5, 0.6) is 0 Å². The van der Waals surface area contributed by atoms with Crippen LogP contribution in [-0.2, 0) is 11.3 Å². The van der Waals surface area contributed by atoms with Crippen LogP contribution in [0.2, 0.25) is 0 Å². The summed E-state index contributed by atoms with van der Waals surface area (Å²) in [5.74, 6) is 0.252. The highest BCUT2D eigenvalue weighted by Gasteiger charge is 2.22. The van der Waals surface area contributed by atoms with Gasteiger partial charge in [0.2, 0.25) is 10.6 Å². The number of halogens is 1. The van der Waals surface area contributed by atoms with Crippen LogP contribution in [0.25, 0.3) is 0 Å². The molecule has 29 heavy (non-hydrogen) atoms. The Morgan fingerprint density at radius 1 is 1.07 bits per heavy atom. The van der Waals surface area contributed by atoms with Gasteiger partial charge in [0.15, 0.2) is 5.16 Å². The number of aromatic nitrogens is 3. The average Bonchev–Trinajstić information content (AvgIpc) is 3.09. The highest BCUT2D eigenvalue weighted by molar-refractivity contribution is 9.10. The number of para-hydroxylation sites is 1. The van der Waals surface area contributed by atoms with E-state index in [-0.39, 0.29) is 11.8 Å². The molecule has 7 heteroatoms. The summed E-state index contributed by atoms with van der Waals surface area (Å²) in [6.07, 6.45) is 5.50. The molecule has 3 aromatic rings. The van der Waals surface area contributed by atoms with Crippen molar-refractivity contribution in [2.75, 3.05) is 5.32 Å². The molecule has 1 amide bonds. The van der Waals surface area contributed by atoms with Crippen molar-refractivity contribution in [3.63, 3.8) is 0 Å². The number of hydrogen-bond acceptors (Lipinski definition) is 4. The quantitative estimate of drug-likeness (QED) is 0.497. The fraction of sp³-hybridized carbons (Fsp3) is 0.318. The lowest BCUT2D eigenvalue weighted by Crippen LogP contribution is -2.24. The molecule has 1 aromatic heterocycles. The fourth-order valence-corrected chi connectivity index (χ4v) is 4.99. The van der Waals surface area contributed by atoms with Crippen LogP contribution in [0.1, 0.15) is 37.7 Å². The second-order valence-corrected chi connectivity index (χ2v) is 8.95. The first-order valence-corrected chi connectivity index (χ1v) is 11.5. The second-order valence-electron chi connectivity index (χ2n) is 7.23. The Morgan fingerprint density at radius 2 is 1.79 bits per heavy atom. The van der Waals surface area contributed by atoms with E-state index in [0.29, 0.717) is 11.3 Å². The van der Waals surface area contributed by atoms with E-state index in [9.17, 15) is 4.79 Å². The Morgan fingerprint density at radius 3 is 2.59 bits per heavy atom. The molecule has 0 atom stereocenters. The van der Waals surface area contributed by atoms with Crippen LogP contribution in [0.3, 0.4) is 0 Å². The highest BCUT2D eigenvalue weighted by atomic mass is 79.9. The number of carbonyl (C=O) groups excluding carboxylic acids is 1. The first-order valence-electron chi connectivity index (χ1n) is 9.91. The van der Waals surface area contributed by atoms with E-state index in [2.05, 4.69) is 43.5 Å². The first-order chi connectivity index (χ1) is 14.2. The second kappa shape index (κ2) is 9.59. The van der Waals surface area contributed by atoms with Crippen LogP contribution in [0.4, 0.5) is 5.69 Å². The molecule has 5 nitrogen and oxygen atoms in total. The lowest BCUT2D eigenvalue weighted by molar-refractivity contribution is -0.120. The SMILES string of the molecule is O=C(Nc1ccccc1Sc1nc(Br)nn1Cc1ccccc1)C1CCCCC1. The van der Waals surface area contributed by atoms with Gasteiger partial charge >= 0.3 is 0 Å². The van der Waals surface area contributed by atoms with Crippen LogP contribution in [0, 0.1) is 5.92 Å². The Bertz CT molecular complexity index is 970. The Balaban J connectivity index is 1.52. The van der Waals surface area contributed by atoms with Gasteiger partial charge in [-0.05, 0) is 58.2 Å². The summed E-state index contributed by atoms with van der Waals surface area (Å²) < 4.78 is 2.43. The number of nitrogens with zero attached hydrogens (tertiary/aromatic N) is 3. The van der Waals surface area contributed by atoms with E-state index in [1.54, 1.807) is 0 Å². The number of nitrogens with one attached hydrogen (secondary N) is 1. The minimum atomic E-state index is 0.123. The van der Waals surface area contributed by atoms with Gasteiger partial charge in [0.05, 0.1) is 12.2 Å². The minimum Gasteiger partial charge on any atom is -0.325 e. The largest absolute Gasteiger partial charge is 0.325 e. The topological polar surface area (TPSA) is 59.8 Å². The minimum absolute atomic E-state index is 0.123. The van der Waals surface area contributed by atoms with Crippen molar-refractivity contribution < 1.29 is 4.79 Å². The summed E-state index contributed by atoms with van der Waals surface area (Å²) >= 11 is 4.91. The predicted molar refractivity (Wildman–Crippen MR) is 119 cm³/mol. The molecule has 0 spiro atoms. The molecular formula is C22H23BrN4OS. The molecule has 2 aromatic carbocycles. The zero-order valence-corrected chi connectivity index (χ0v) is 18.5. The van der Waals surface area contributed by atoms with Crippen LogP contribution in [0.15, 0.2) is 69.4 Å². The van der Waals surface area contributed by atoms with Crippen LogP contribution >= 0.6 is 27.7 Å². The Labute approximate surface area is 183 Å². The smallest absolute Gasteiger partial charge is 0.227 e. The summed E-state index contributed by atoms with van der Waals surface area (Å²) in [6, 6.07) is 18.1. The molecule has 1 N–H and O–H groups in total. The van der Waals surface area contributed by atoms with Gasteiger partial charge in [0.25, 0.3) is 0 Å². The number of benzene rings is 2. The van der Waals surface area contributed by atoms with E-state index in [1.165, 1.54) is 18.2 Å². The van der Waals surface area contributed by atoms with Crippen LogP contribution < -0.4 is 5.32 Å². The van der Waals surface area contributed by atoms with E-state index in [4.69, 9.17) is 0 Å². The lowest BCUT2D eigenvalue weighted by Gasteiger charge is -2.21. The third-order valence-electron chi connectivity index (χ3n) is 5.11. The molecule has 0 bridgehead atoms. The molecule has 0 aliphatic heterocycles. The van der Waals surface area contributed by atoms with E-state index in [1.807, 2.05) is 47.1 Å². The summed E-state index contributed by atoms with van der Waals surface area (Å²) in [6.45, 7) is 0.637. The normalized spacial score (nSPS) is 14.7. The molecule has 1 fully saturated rings. The molecule has 0 saturated heterocycles. The monoisotopic (exact) mass is 470 g/mol. The van der Waals surface area contributed by atoms with Gasteiger partial charge in [-0.2, -0.15) is 4.98 Å². The fourth-order valence-electron chi connectivity index (χ4n) is 3.59. The summed E-state index contributed by atoms with van der Waals surface area (Å²) in [5.41, 5.74) is 1.99. The van der Waals surface area contributed by atoms with Crippen molar-refractivity contribution in [3.8, 4) is 0 Å². The lowest BCUT2D eigenvalue weighted by atomic mass is 9.88. The van der Waals surface area contributed by atoms with E-state index >= 15 is 0 Å². The van der Waals surface area contributed by atoms with Gasteiger partial charge in [-0.15, -0.1) is 5.10 Å². The van der Waals surface area contributed by atoms with Crippen molar-refractivity contribution in [2.24, 2.45) is 5.92 Å². The number of hydrogen-bond donors (Lipinski definition) is 1. The summed E-state index contributed by atoms with van der Waals surface area (Å²) in [4.78, 5) is 18.2. The molecule has 1 saturated carbocycles. The molecular weight excluding hydrogens is 448 g/mol. The van der Waals surface area contributed by atoms with Gasteiger partial charge in [-0.1, -0.05) is 61.7 Å². The molecule has 0 radical (unpaired) electrons. The third kappa shape index (κ3) is 5.28. The first kappa shape index (κ1) is 20.2. The molecule has 0 unspecified atom stereocenters. The molecule has 1 aliphatic carbocycles. The van der Waals surface area contributed by atoms with Crippen molar-refractivity contribution in [1.29, 1.82) is 0 Å². The molecule has 150 valence electrons. The van der Waals surface area contributed by atoms with Gasteiger partial charge in [0.1, 0.15) is 0 Å². The maximum absolute atomic E-state index is 12.7. The number of carbonyl (C=O) groups is 1. The van der Waals surface area contributed by atoms with Crippen molar-refractivity contribution >= 4 is 39.3 Å². The Kier molecular flexibility index (Phi) is 6.67. The standard InChI is InChI=1S/C22H23BrN4OS/c23-21-25-22(27(26-21)15-16-9-3-1-4-10-16)29-19-14-8-7-13-18(19)24-20(28)17-11-5-2-6-12-17/h1,3-4,7-10,13-14,17H,2,5-6,11-12,15H2,(H,24,28). The number of anilines is 1. The van der Waals surface area contributed by atoms with Crippen LogP contribution in [-0.4, -0.2) is 20.7 Å². The van der Waals surface area contributed by atoms with E-state index < -0.39 is 0 Å². The van der Waals surface area contributed by atoms with Crippen molar-refractivity contribution in [1.82, 2.24) is 14.8 Å². The van der Waals surface area contributed by atoms with Gasteiger partial charge in [0, 0.05) is 10.8 Å². The van der Waals surface area contributed by atoms with Gasteiger partial charge in [-0.25, -0.2) is 4.68 Å². The zero-order chi connectivity index (χ0) is 20.1. The predicted octanol–water partition coefficient (Wildman–Crippen LogP) is 5.76. The van der Waals surface area contributed by atoms with Crippen molar-refractivity contribution in [2.45, 2.75) is 48.7 Å². The zero-order valence-electron chi connectivity index (χ0n) is 16.1. The number of rotatable bonds is 6.